The van der Waals surface area contributed by atoms with Crippen molar-refractivity contribution in [2.24, 2.45) is 16.6 Å². The molecule has 1 atom stereocenters. The van der Waals surface area contributed by atoms with Crippen LogP contribution in [0.3, 0.4) is 0 Å². The standard InChI is InChI=1S/C30H40N4O4/c1-22(23-12-8-9-13-23)38-28(36)21-34-20-24-14-11-17-26(29(24)32-30(34)31)37-19-10-4-7-18-27(35)33(2)25-15-5-3-6-16-25/h3,5-6,11,14-17,22-23H,4,7-10,12-13,18-21H2,1-2H3,(H2,31,32). The normalized spacial score (nSPS) is 15.9. The molecule has 2 N–H and O–H groups in total. The second-order valence-corrected chi connectivity index (χ2v) is 10.3. The van der Waals surface area contributed by atoms with Crippen LogP contribution in [0, 0.1) is 5.92 Å². The summed E-state index contributed by atoms with van der Waals surface area (Å²) in [5.74, 6) is 1.28. The average Bonchev–Trinajstić information content (AvgIpc) is 3.46. The summed E-state index contributed by atoms with van der Waals surface area (Å²) in [6, 6.07) is 15.5. The van der Waals surface area contributed by atoms with Crippen molar-refractivity contribution in [2.45, 2.75) is 70.9 Å². The fourth-order valence-electron chi connectivity index (χ4n) is 5.17. The van der Waals surface area contributed by atoms with E-state index in [-0.39, 0.29) is 24.5 Å². The summed E-state index contributed by atoms with van der Waals surface area (Å²) in [5, 5.41) is 0. The molecule has 2 aromatic carbocycles. The Morgan fingerprint density at radius 3 is 2.61 bits per heavy atom. The Kier molecular flexibility index (Phi) is 9.62. The van der Waals surface area contributed by atoms with Gasteiger partial charge in [0.15, 0.2) is 5.96 Å². The highest BCUT2D eigenvalue weighted by molar-refractivity contribution is 5.92. The summed E-state index contributed by atoms with van der Waals surface area (Å²) in [6.45, 7) is 3.08. The maximum atomic E-state index is 12.6. The predicted molar refractivity (Wildman–Crippen MR) is 149 cm³/mol. The van der Waals surface area contributed by atoms with E-state index in [4.69, 9.17) is 15.2 Å². The number of carbonyl (C=O) groups is 2. The molecule has 1 heterocycles. The molecule has 1 amide bonds. The van der Waals surface area contributed by atoms with E-state index in [9.17, 15) is 9.59 Å². The number of hydrogen-bond donors (Lipinski definition) is 1. The number of amides is 1. The molecule has 0 spiro atoms. The minimum atomic E-state index is -0.271. The monoisotopic (exact) mass is 520 g/mol. The average molecular weight is 521 g/mol. The van der Waals surface area contributed by atoms with Gasteiger partial charge in [0.05, 0.1) is 6.61 Å². The second kappa shape index (κ2) is 13.3. The first-order valence-electron chi connectivity index (χ1n) is 13.8. The number of benzene rings is 2. The van der Waals surface area contributed by atoms with Crippen molar-refractivity contribution < 1.29 is 19.1 Å². The Morgan fingerprint density at radius 2 is 1.84 bits per heavy atom. The molecule has 8 heteroatoms. The molecule has 8 nitrogen and oxygen atoms in total. The SMILES string of the molecule is CC(OC(=O)CN1Cc2cccc(OCCCCCC(=O)N(C)c3ccccc3)c2N=C1N)C1CCCC1. The predicted octanol–water partition coefficient (Wildman–Crippen LogP) is 5.17. The van der Waals surface area contributed by atoms with E-state index in [0.29, 0.717) is 42.9 Å². The van der Waals surface area contributed by atoms with Gasteiger partial charge in [0.1, 0.15) is 24.1 Å². The Balaban J connectivity index is 1.21. The molecule has 2 aliphatic rings. The zero-order valence-corrected chi connectivity index (χ0v) is 22.6. The van der Waals surface area contributed by atoms with Crippen molar-refractivity contribution in [1.82, 2.24) is 4.90 Å². The van der Waals surface area contributed by atoms with Crippen LogP contribution in [0.1, 0.15) is 63.9 Å². The van der Waals surface area contributed by atoms with Gasteiger partial charge in [0, 0.05) is 31.3 Å². The molecule has 1 fully saturated rings. The highest BCUT2D eigenvalue weighted by atomic mass is 16.5. The van der Waals surface area contributed by atoms with Gasteiger partial charge >= 0.3 is 5.97 Å². The van der Waals surface area contributed by atoms with Crippen LogP contribution >= 0.6 is 0 Å². The summed E-state index contributed by atoms with van der Waals surface area (Å²) in [4.78, 5) is 33.0. The van der Waals surface area contributed by atoms with E-state index in [1.807, 2.05) is 62.5 Å². The lowest BCUT2D eigenvalue weighted by atomic mass is 10.0. The van der Waals surface area contributed by atoms with Gasteiger partial charge in [0.25, 0.3) is 0 Å². The topological polar surface area (TPSA) is 97.5 Å². The van der Waals surface area contributed by atoms with E-state index in [2.05, 4.69) is 4.99 Å². The van der Waals surface area contributed by atoms with E-state index in [0.717, 1.165) is 43.4 Å². The van der Waals surface area contributed by atoms with Gasteiger partial charge in [-0.1, -0.05) is 43.2 Å². The third kappa shape index (κ3) is 7.27. The smallest absolute Gasteiger partial charge is 0.325 e. The minimum Gasteiger partial charge on any atom is -0.491 e. The molecule has 2 aromatic rings. The quantitative estimate of drug-likeness (QED) is 0.306. The summed E-state index contributed by atoms with van der Waals surface area (Å²) in [6.07, 6.45) is 7.65. The number of rotatable bonds is 12. The van der Waals surface area contributed by atoms with Crippen molar-refractivity contribution in [3.63, 3.8) is 0 Å². The Hall–Kier alpha value is -3.55. The maximum absolute atomic E-state index is 12.6. The summed E-state index contributed by atoms with van der Waals surface area (Å²) in [7, 11) is 1.81. The van der Waals surface area contributed by atoms with Gasteiger partial charge in [-0.15, -0.1) is 0 Å². The lowest BCUT2D eigenvalue weighted by molar-refractivity contribution is -0.151. The van der Waals surface area contributed by atoms with E-state index in [1.54, 1.807) is 9.80 Å². The van der Waals surface area contributed by atoms with E-state index in [1.165, 1.54) is 12.8 Å². The fraction of sp³-hybridized carbons (Fsp3) is 0.500. The van der Waals surface area contributed by atoms with Gasteiger partial charge in [-0.25, -0.2) is 4.99 Å². The Bertz CT molecular complexity index is 1110. The van der Waals surface area contributed by atoms with Gasteiger partial charge in [0.2, 0.25) is 5.91 Å². The number of fused-ring (bicyclic) bond motifs is 1. The van der Waals surface area contributed by atoms with Gasteiger partial charge in [-0.2, -0.15) is 0 Å². The molecule has 204 valence electrons. The molecule has 0 saturated heterocycles. The Labute approximate surface area is 225 Å². The van der Waals surface area contributed by atoms with Crippen molar-refractivity contribution in [1.29, 1.82) is 0 Å². The number of nitrogens with zero attached hydrogens (tertiary/aromatic N) is 3. The maximum Gasteiger partial charge on any atom is 0.325 e. The van der Waals surface area contributed by atoms with Crippen molar-refractivity contribution >= 4 is 29.2 Å². The summed E-state index contributed by atoms with van der Waals surface area (Å²) < 4.78 is 11.7. The highest BCUT2D eigenvalue weighted by Gasteiger charge is 2.27. The van der Waals surface area contributed by atoms with Crippen LogP contribution in [-0.2, 0) is 20.9 Å². The molecule has 0 radical (unpaired) electrons. The van der Waals surface area contributed by atoms with Crippen LogP contribution < -0.4 is 15.4 Å². The van der Waals surface area contributed by atoms with Crippen LogP contribution in [0.15, 0.2) is 53.5 Å². The van der Waals surface area contributed by atoms with Crippen LogP contribution in [0.25, 0.3) is 0 Å². The Morgan fingerprint density at radius 1 is 1.08 bits per heavy atom. The first kappa shape index (κ1) is 27.5. The van der Waals surface area contributed by atoms with Gasteiger partial charge in [-0.05, 0) is 63.1 Å². The lowest BCUT2D eigenvalue weighted by Crippen LogP contribution is -2.43. The molecule has 0 aromatic heterocycles. The third-order valence-electron chi connectivity index (χ3n) is 7.51. The zero-order valence-electron chi connectivity index (χ0n) is 22.6. The van der Waals surface area contributed by atoms with Crippen molar-refractivity contribution in [3.05, 3.63) is 54.1 Å². The molecule has 0 bridgehead atoms. The molecule has 1 aliphatic heterocycles. The molecule has 4 rings (SSSR count). The number of carbonyl (C=O) groups excluding carboxylic acids is 2. The molecule has 38 heavy (non-hydrogen) atoms. The number of ether oxygens (including phenoxy) is 2. The first-order chi connectivity index (χ1) is 18.4. The lowest BCUT2D eigenvalue weighted by Gasteiger charge is -2.29. The molecule has 1 unspecified atom stereocenters. The number of unbranched alkanes of at least 4 members (excludes halogenated alkanes) is 2. The van der Waals surface area contributed by atoms with E-state index >= 15 is 0 Å². The number of para-hydroxylation sites is 2. The van der Waals surface area contributed by atoms with E-state index < -0.39 is 0 Å². The molecule has 1 saturated carbocycles. The zero-order chi connectivity index (χ0) is 26.9. The van der Waals surface area contributed by atoms with Crippen LogP contribution in [0.2, 0.25) is 0 Å². The number of esters is 1. The van der Waals surface area contributed by atoms with Gasteiger partial charge in [-0.3, -0.25) is 9.59 Å². The van der Waals surface area contributed by atoms with Gasteiger partial charge < -0.3 is 25.0 Å². The summed E-state index contributed by atoms with van der Waals surface area (Å²) >= 11 is 0. The first-order valence-corrected chi connectivity index (χ1v) is 13.8. The third-order valence-corrected chi connectivity index (χ3v) is 7.51. The number of guanidine groups is 1. The minimum absolute atomic E-state index is 0.0665. The fourth-order valence-corrected chi connectivity index (χ4v) is 5.17. The molecule has 1 aliphatic carbocycles. The van der Waals surface area contributed by atoms with Crippen LogP contribution in [0.4, 0.5) is 11.4 Å². The number of hydrogen-bond acceptors (Lipinski definition) is 7. The largest absolute Gasteiger partial charge is 0.491 e. The van der Waals surface area contributed by atoms with Crippen LogP contribution in [0.5, 0.6) is 5.75 Å². The van der Waals surface area contributed by atoms with Crippen LogP contribution in [-0.4, -0.2) is 49.0 Å². The number of anilines is 1. The van der Waals surface area contributed by atoms with Crippen molar-refractivity contribution in [2.75, 3.05) is 25.1 Å². The van der Waals surface area contributed by atoms with Crippen molar-refractivity contribution in [3.8, 4) is 5.75 Å². The molecular weight excluding hydrogens is 480 g/mol. The summed E-state index contributed by atoms with van der Waals surface area (Å²) in [5.41, 5.74) is 8.81. The molecular formula is C30H40N4O4. The highest BCUT2D eigenvalue weighted by Crippen LogP contribution is 2.35. The second-order valence-electron chi connectivity index (χ2n) is 10.3. The number of nitrogens with two attached hydrogens (primary N) is 1. The number of aliphatic imine (C=N–C) groups is 1.